The number of nitrogens with zero attached hydrogens (tertiary/aromatic N) is 2. The molecule has 1 spiro atoms. The molecule has 7 heteroatoms. The van der Waals surface area contributed by atoms with Crippen LogP contribution in [-0.2, 0) is 18.9 Å². The van der Waals surface area contributed by atoms with Crippen LogP contribution in [0, 0.1) is 11.8 Å². The Balaban J connectivity index is 1.12. The van der Waals surface area contributed by atoms with Gasteiger partial charge in [0.1, 0.15) is 23.4 Å². The number of methoxy groups -OCH3 is 1. The second-order valence-corrected chi connectivity index (χ2v) is 11.8. The van der Waals surface area contributed by atoms with Crippen LogP contribution >= 0.6 is 0 Å². The monoisotopic (exact) mass is 476 g/mol. The van der Waals surface area contributed by atoms with Crippen molar-refractivity contribution in [2.24, 2.45) is 11.8 Å². The van der Waals surface area contributed by atoms with E-state index in [1.165, 1.54) is 50.9 Å². The number of carbonyl (C=O) groups is 1. The average molecular weight is 477 g/mol. The molecule has 0 N–H and O–H groups in total. The van der Waals surface area contributed by atoms with E-state index in [2.05, 4.69) is 31.7 Å². The molecule has 4 aliphatic heterocycles. The quantitative estimate of drug-likeness (QED) is 0.370. The summed E-state index contributed by atoms with van der Waals surface area (Å²) in [5.74, 6) is 0.687. The SMILES string of the molecule is CO[C@H]1C([C@@]2(C)O[C@@H]2CC=C(C)C)[C@]2(CC[C@H]1OC(=O)N1CC(CCCN3CCCC3)C1)CO2. The highest BCUT2D eigenvalue weighted by molar-refractivity contribution is 5.69. The molecule has 192 valence electrons. The van der Waals surface area contributed by atoms with Crippen LogP contribution in [0.2, 0.25) is 0 Å². The summed E-state index contributed by atoms with van der Waals surface area (Å²) in [7, 11) is 1.73. The lowest BCUT2D eigenvalue weighted by Crippen LogP contribution is -2.57. The van der Waals surface area contributed by atoms with E-state index in [-0.39, 0.29) is 41.5 Å². The molecule has 0 aromatic rings. The maximum Gasteiger partial charge on any atom is 0.410 e. The third-order valence-electron chi connectivity index (χ3n) is 8.99. The predicted molar refractivity (Wildman–Crippen MR) is 130 cm³/mol. The number of allylic oxidation sites excluding steroid dienone is 1. The third-order valence-corrected chi connectivity index (χ3v) is 8.99. The van der Waals surface area contributed by atoms with E-state index in [4.69, 9.17) is 18.9 Å². The molecule has 5 rings (SSSR count). The Morgan fingerprint density at radius 2 is 1.94 bits per heavy atom. The van der Waals surface area contributed by atoms with Gasteiger partial charge in [0, 0.05) is 20.2 Å². The van der Waals surface area contributed by atoms with Gasteiger partial charge in [-0.2, -0.15) is 0 Å². The fourth-order valence-corrected chi connectivity index (χ4v) is 6.79. The first kappa shape index (κ1) is 24.5. The Hall–Kier alpha value is -1.15. The summed E-state index contributed by atoms with van der Waals surface area (Å²) in [4.78, 5) is 17.4. The maximum absolute atomic E-state index is 12.9. The number of rotatable bonds is 9. The van der Waals surface area contributed by atoms with Gasteiger partial charge < -0.3 is 28.7 Å². The number of likely N-dealkylation sites (tertiary alicyclic amines) is 2. The Labute approximate surface area is 205 Å². The van der Waals surface area contributed by atoms with E-state index >= 15 is 0 Å². The molecule has 1 aliphatic carbocycles. The van der Waals surface area contributed by atoms with Gasteiger partial charge in [-0.3, -0.25) is 0 Å². The van der Waals surface area contributed by atoms with Crippen molar-refractivity contribution in [1.82, 2.24) is 9.80 Å². The van der Waals surface area contributed by atoms with E-state index < -0.39 is 0 Å². The molecule has 0 aromatic carbocycles. The highest BCUT2D eigenvalue weighted by atomic mass is 16.6. The largest absolute Gasteiger partial charge is 0.443 e. The van der Waals surface area contributed by atoms with Gasteiger partial charge in [-0.25, -0.2) is 4.79 Å². The van der Waals surface area contributed by atoms with E-state index in [0.29, 0.717) is 5.92 Å². The number of ether oxygens (including phenoxy) is 4. The molecule has 5 fully saturated rings. The second kappa shape index (κ2) is 9.72. The second-order valence-electron chi connectivity index (χ2n) is 11.8. The molecular weight excluding hydrogens is 432 g/mol. The van der Waals surface area contributed by atoms with Crippen LogP contribution in [0.1, 0.15) is 65.7 Å². The zero-order valence-corrected chi connectivity index (χ0v) is 21.6. The smallest absolute Gasteiger partial charge is 0.410 e. The van der Waals surface area contributed by atoms with Gasteiger partial charge in [0.2, 0.25) is 0 Å². The van der Waals surface area contributed by atoms with Crippen molar-refractivity contribution in [3.8, 4) is 0 Å². The fourth-order valence-electron chi connectivity index (χ4n) is 6.79. The number of epoxide rings is 2. The standard InChI is InChI=1S/C27H44N2O5/c1-19(2)9-10-22-26(3,34-22)24-23(31-4)21(11-12-27(24)18-32-27)33-25(30)29-16-20(17-29)8-7-15-28-13-5-6-14-28/h9,20-24H,5-8,10-18H2,1-4H3/t21-,22-,23-,24?,26+,27+/m1/s1. The molecule has 6 atom stereocenters. The molecule has 1 amide bonds. The molecule has 5 aliphatic rings. The Morgan fingerprint density at radius 1 is 1.21 bits per heavy atom. The maximum atomic E-state index is 12.9. The molecule has 0 aromatic heterocycles. The average Bonchev–Trinajstić information content (AvgIpc) is 3.62. The summed E-state index contributed by atoms with van der Waals surface area (Å²) < 4.78 is 24.4. The molecule has 4 saturated heterocycles. The number of hydrogen-bond donors (Lipinski definition) is 0. The Bertz CT molecular complexity index is 767. The molecule has 0 radical (unpaired) electrons. The van der Waals surface area contributed by atoms with Gasteiger partial charge in [-0.05, 0) is 91.3 Å². The van der Waals surface area contributed by atoms with Crippen LogP contribution in [-0.4, -0.2) is 91.8 Å². The minimum absolute atomic E-state index is 0.0711. The van der Waals surface area contributed by atoms with Crippen molar-refractivity contribution in [3.05, 3.63) is 11.6 Å². The van der Waals surface area contributed by atoms with Crippen LogP contribution in [0.25, 0.3) is 0 Å². The van der Waals surface area contributed by atoms with Crippen LogP contribution in [0.5, 0.6) is 0 Å². The van der Waals surface area contributed by atoms with Crippen molar-refractivity contribution in [1.29, 1.82) is 0 Å². The highest BCUT2D eigenvalue weighted by Gasteiger charge is 2.72. The van der Waals surface area contributed by atoms with Crippen LogP contribution in [0.4, 0.5) is 4.79 Å². The van der Waals surface area contributed by atoms with E-state index in [0.717, 1.165) is 39.0 Å². The lowest BCUT2D eigenvalue weighted by molar-refractivity contribution is -0.124. The lowest BCUT2D eigenvalue weighted by Gasteiger charge is -2.44. The summed E-state index contributed by atoms with van der Waals surface area (Å²) in [5, 5.41) is 0. The third kappa shape index (κ3) is 4.91. The first-order valence-corrected chi connectivity index (χ1v) is 13.5. The van der Waals surface area contributed by atoms with Crippen molar-refractivity contribution in [2.45, 2.75) is 95.2 Å². The summed E-state index contributed by atoms with van der Waals surface area (Å²) in [5.41, 5.74) is 0.818. The number of carbonyl (C=O) groups excluding carboxylic acids is 1. The highest BCUT2D eigenvalue weighted by Crippen LogP contribution is 2.59. The van der Waals surface area contributed by atoms with Crippen molar-refractivity contribution < 1.29 is 23.7 Å². The van der Waals surface area contributed by atoms with Gasteiger partial charge in [0.25, 0.3) is 0 Å². The van der Waals surface area contributed by atoms with Crippen molar-refractivity contribution in [3.63, 3.8) is 0 Å². The molecule has 1 unspecified atom stereocenters. The van der Waals surface area contributed by atoms with Crippen molar-refractivity contribution >= 4 is 6.09 Å². The van der Waals surface area contributed by atoms with Gasteiger partial charge in [-0.15, -0.1) is 0 Å². The van der Waals surface area contributed by atoms with E-state index in [9.17, 15) is 4.79 Å². The minimum atomic E-state index is -0.300. The lowest BCUT2D eigenvalue weighted by atomic mass is 9.68. The van der Waals surface area contributed by atoms with Gasteiger partial charge in [-0.1, -0.05) is 11.6 Å². The summed E-state index contributed by atoms with van der Waals surface area (Å²) in [6.07, 6.45) is 9.47. The molecule has 4 heterocycles. The molecule has 7 nitrogen and oxygen atoms in total. The minimum Gasteiger partial charge on any atom is -0.443 e. The number of hydrogen-bond acceptors (Lipinski definition) is 6. The van der Waals surface area contributed by atoms with Crippen LogP contribution in [0.3, 0.4) is 0 Å². The number of amides is 1. The van der Waals surface area contributed by atoms with Crippen molar-refractivity contribution in [2.75, 3.05) is 46.4 Å². The Morgan fingerprint density at radius 3 is 2.59 bits per heavy atom. The van der Waals surface area contributed by atoms with Crippen LogP contribution < -0.4 is 0 Å². The predicted octanol–water partition coefficient (Wildman–Crippen LogP) is 4.01. The normalized spacial score (nSPS) is 39.7. The topological polar surface area (TPSA) is 67.1 Å². The molecule has 1 saturated carbocycles. The summed E-state index contributed by atoms with van der Waals surface area (Å²) in [6, 6.07) is 0. The van der Waals surface area contributed by atoms with Gasteiger partial charge in [0.15, 0.2) is 0 Å². The zero-order chi connectivity index (χ0) is 23.9. The Kier molecular flexibility index (Phi) is 7.01. The first-order chi connectivity index (χ1) is 16.3. The molecule has 34 heavy (non-hydrogen) atoms. The van der Waals surface area contributed by atoms with E-state index in [1.807, 2.05) is 4.90 Å². The van der Waals surface area contributed by atoms with E-state index in [1.54, 1.807) is 7.11 Å². The first-order valence-electron chi connectivity index (χ1n) is 13.5. The molecule has 0 bridgehead atoms. The summed E-state index contributed by atoms with van der Waals surface area (Å²) >= 11 is 0. The fraction of sp³-hybridized carbons (Fsp3) is 0.889. The van der Waals surface area contributed by atoms with Gasteiger partial charge >= 0.3 is 6.09 Å². The summed E-state index contributed by atoms with van der Waals surface area (Å²) in [6.45, 7) is 12.5. The van der Waals surface area contributed by atoms with Gasteiger partial charge in [0.05, 0.1) is 18.6 Å². The van der Waals surface area contributed by atoms with Crippen LogP contribution in [0.15, 0.2) is 11.6 Å². The zero-order valence-electron chi connectivity index (χ0n) is 21.6. The molecular formula is C27H44N2O5.